The highest BCUT2D eigenvalue weighted by molar-refractivity contribution is 7.18. The fourth-order valence-corrected chi connectivity index (χ4v) is 3.65. The van der Waals surface area contributed by atoms with Gasteiger partial charge in [0.2, 0.25) is 0 Å². The monoisotopic (exact) mass is 308 g/mol. The topological polar surface area (TPSA) is 49.9 Å². The Kier molecular flexibility index (Phi) is 3.89. The van der Waals surface area contributed by atoms with E-state index in [0.717, 1.165) is 23.7 Å². The van der Waals surface area contributed by atoms with Crippen LogP contribution in [0.25, 0.3) is 0 Å². The lowest BCUT2D eigenvalue weighted by Crippen LogP contribution is -2.32. The third-order valence-corrected chi connectivity index (χ3v) is 5.14. The van der Waals surface area contributed by atoms with Crippen molar-refractivity contribution in [3.8, 4) is 0 Å². The third-order valence-electron chi connectivity index (χ3n) is 3.90. The molecule has 6 heteroatoms. The summed E-state index contributed by atoms with van der Waals surface area (Å²) >= 11 is 1.35. The lowest BCUT2D eigenvalue weighted by Gasteiger charge is -2.17. The molecule has 1 saturated carbocycles. The van der Waals surface area contributed by atoms with E-state index < -0.39 is 0 Å². The number of carbonyl (C=O) groups is 2. The van der Waals surface area contributed by atoms with Crippen LogP contribution in [-0.4, -0.2) is 43.1 Å². The number of ether oxygens (including phenoxy) is 1. The van der Waals surface area contributed by atoms with Crippen LogP contribution in [-0.2, 0) is 4.74 Å². The number of urea groups is 1. The molecule has 2 aliphatic rings. The summed E-state index contributed by atoms with van der Waals surface area (Å²) in [6.45, 7) is 6.40. The van der Waals surface area contributed by atoms with Gasteiger partial charge < -0.3 is 9.64 Å². The highest BCUT2D eigenvalue weighted by atomic mass is 32.1. The molecule has 3 rings (SSSR count). The summed E-state index contributed by atoms with van der Waals surface area (Å²) in [5, 5.41) is 0.846. The van der Waals surface area contributed by atoms with Gasteiger partial charge in [-0.05, 0) is 44.2 Å². The van der Waals surface area contributed by atoms with E-state index in [-0.39, 0.29) is 12.0 Å². The molecular formula is C15H20N2O3S. The summed E-state index contributed by atoms with van der Waals surface area (Å²) in [7, 11) is 0. The van der Waals surface area contributed by atoms with Gasteiger partial charge in [-0.1, -0.05) is 0 Å². The van der Waals surface area contributed by atoms with E-state index in [1.807, 2.05) is 17.9 Å². The first kappa shape index (κ1) is 14.4. The molecule has 1 aromatic heterocycles. The number of hydrogen-bond acceptors (Lipinski definition) is 4. The van der Waals surface area contributed by atoms with Gasteiger partial charge in [-0.3, -0.25) is 4.90 Å². The third kappa shape index (κ3) is 2.90. The Labute approximate surface area is 128 Å². The average molecular weight is 308 g/mol. The zero-order chi connectivity index (χ0) is 15.0. The van der Waals surface area contributed by atoms with Crippen LogP contribution < -0.4 is 4.90 Å². The van der Waals surface area contributed by atoms with Crippen molar-refractivity contribution in [3.05, 3.63) is 16.5 Å². The number of amides is 2. The van der Waals surface area contributed by atoms with Crippen LogP contribution in [0, 0.1) is 12.8 Å². The van der Waals surface area contributed by atoms with Gasteiger partial charge in [0, 0.05) is 19.6 Å². The van der Waals surface area contributed by atoms with Crippen molar-refractivity contribution in [2.24, 2.45) is 5.92 Å². The smallest absolute Gasteiger partial charge is 0.348 e. The van der Waals surface area contributed by atoms with Gasteiger partial charge in [-0.25, -0.2) is 9.59 Å². The highest BCUT2D eigenvalue weighted by Crippen LogP contribution is 2.35. The minimum Gasteiger partial charge on any atom is -0.462 e. The number of esters is 1. The Morgan fingerprint density at radius 3 is 2.86 bits per heavy atom. The second kappa shape index (κ2) is 5.67. The van der Waals surface area contributed by atoms with E-state index in [1.165, 1.54) is 24.2 Å². The van der Waals surface area contributed by atoms with Gasteiger partial charge in [0.05, 0.1) is 6.61 Å². The molecule has 0 atom stereocenters. The molecule has 5 nitrogen and oxygen atoms in total. The first-order valence-corrected chi connectivity index (χ1v) is 8.25. The summed E-state index contributed by atoms with van der Waals surface area (Å²) < 4.78 is 5.05. The van der Waals surface area contributed by atoms with Crippen molar-refractivity contribution in [3.63, 3.8) is 0 Å². The molecule has 1 saturated heterocycles. The number of rotatable bonds is 5. The number of nitrogens with zero attached hydrogens (tertiary/aromatic N) is 2. The molecule has 0 bridgehead atoms. The fraction of sp³-hybridized carbons (Fsp3) is 0.600. The number of aryl methyl sites for hydroxylation is 1. The van der Waals surface area contributed by atoms with Crippen molar-refractivity contribution in [2.75, 3.05) is 31.1 Å². The maximum absolute atomic E-state index is 12.4. The number of thiophene rings is 1. The number of carbonyl (C=O) groups excluding carboxylic acids is 2. The lowest BCUT2D eigenvalue weighted by atomic mass is 10.3. The van der Waals surface area contributed by atoms with Crippen molar-refractivity contribution in [2.45, 2.75) is 26.7 Å². The highest BCUT2D eigenvalue weighted by Gasteiger charge is 2.35. The molecule has 2 amide bonds. The van der Waals surface area contributed by atoms with Crippen molar-refractivity contribution >= 4 is 28.3 Å². The minimum atomic E-state index is -0.298. The molecule has 2 fully saturated rings. The van der Waals surface area contributed by atoms with E-state index in [0.29, 0.717) is 23.9 Å². The van der Waals surface area contributed by atoms with Crippen LogP contribution >= 0.6 is 11.3 Å². The largest absolute Gasteiger partial charge is 0.462 e. The fourth-order valence-electron chi connectivity index (χ4n) is 2.57. The van der Waals surface area contributed by atoms with E-state index in [1.54, 1.807) is 11.8 Å². The van der Waals surface area contributed by atoms with Crippen LogP contribution in [0.15, 0.2) is 6.07 Å². The molecule has 21 heavy (non-hydrogen) atoms. The Balaban J connectivity index is 1.73. The Morgan fingerprint density at radius 2 is 2.19 bits per heavy atom. The molecule has 0 N–H and O–H groups in total. The summed E-state index contributed by atoms with van der Waals surface area (Å²) in [4.78, 5) is 28.6. The molecule has 0 radical (unpaired) electrons. The zero-order valence-corrected chi connectivity index (χ0v) is 13.2. The van der Waals surface area contributed by atoms with E-state index in [4.69, 9.17) is 4.74 Å². The predicted molar refractivity (Wildman–Crippen MR) is 82.1 cm³/mol. The van der Waals surface area contributed by atoms with Gasteiger partial charge in [-0.2, -0.15) is 0 Å². The molecular weight excluding hydrogens is 288 g/mol. The quantitative estimate of drug-likeness (QED) is 0.786. The first-order chi connectivity index (χ1) is 10.1. The SMILES string of the molecule is CCOC(=O)c1sc(N2CCN(CC3CC3)C2=O)cc1C. The minimum absolute atomic E-state index is 0.0681. The van der Waals surface area contributed by atoms with Gasteiger partial charge in [0.25, 0.3) is 0 Å². The summed E-state index contributed by atoms with van der Waals surface area (Å²) in [6, 6.07) is 1.98. The Morgan fingerprint density at radius 1 is 1.43 bits per heavy atom. The van der Waals surface area contributed by atoms with Crippen molar-refractivity contribution in [1.29, 1.82) is 0 Å². The maximum Gasteiger partial charge on any atom is 0.348 e. The second-order valence-electron chi connectivity index (χ2n) is 5.64. The molecule has 0 unspecified atom stereocenters. The predicted octanol–water partition coefficient (Wildman–Crippen LogP) is 2.89. The first-order valence-electron chi connectivity index (χ1n) is 7.44. The summed E-state index contributed by atoms with van der Waals surface area (Å²) in [5.41, 5.74) is 0.877. The molecule has 1 aliphatic carbocycles. The molecule has 2 heterocycles. The van der Waals surface area contributed by atoms with E-state index >= 15 is 0 Å². The molecule has 114 valence electrons. The van der Waals surface area contributed by atoms with Crippen LogP contribution in [0.5, 0.6) is 0 Å². The standard InChI is InChI=1S/C15H20N2O3S/c1-3-20-14(18)13-10(2)8-12(21-13)17-7-6-16(15(17)19)9-11-4-5-11/h8,11H,3-7,9H2,1-2H3. The lowest BCUT2D eigenvalue weighted by molar-refractivity contribution is 0.0531. The maximum atomic E-state index is 12.4. The van der Waals surface area contributed by atoms with Gasteiger partial charge in [0.1, 0.15) is 9.88 Å². The zero-order valence-electron chi connectivity index (χ0n) is 12.4. The normalized spacial score (nSPS) is 18.5. The average Bonchev–Trinajstić information content (AvgIpc) is 3.08. The molecule has 1 aromatic rings. The van der Waals surface area contributed by atoms with Crippen LogP contribution in [0.1, 0.15) is 35.0 Å². The molecule has 0 spiro atoms. The van der Waals surface area contributed by atoms with Crippen LogP contribution in [0.4, 0.5) is 9.80 Å². The van der Waals surface area contributed by atoms with E-state index in [2.05, 4.69) is 0 Å². The van der Waals surface area contributed by atoms with Crippen molar-refractivity contribution in [1.82, 2.24) is 4.90 Å². The summed E-state index contributed by atoms with van der Waals surface area (Å²) in [5.74, 6) is 0.404. The number of hydrogen-bond donors (Lipinski definition) is 0. The Hall–Kier alpha value is -1.56. The van der Waals surface area contributed by atoms with Gasteiger partial charge >= 0.3 is 12.0 Å². The van der Waals surface area contributed by atoms with Crippen LogP contribution in [0.2, 0.25) is 0 Å². The van der Waals surface area contributed by atoms with Crippen LogP contribution in [0.3, 0.4) is 0 Å². The van der Waals surface area contributed by atoms with E-state index in [9.17, 15) is 9.59 Å². The Bertz CT molecular complexity index is 565. The van der Waals surface area contributed by atoms with Gasteiger partial charge in [-0.15, -0.1) is 11.3 Å². The molecule has 0 aromatic carbocycles. The number of anilines is 1. The summed E-state index contributed by atoms with van der Waals surface area (Å²) in [6.07, 6.45) is 2.49. The second-order valence-corrected chi connectivity index (χ2v) is 6.67. The van der Waals surface area contributed by atoms with Crippen molar-refractivity contribution < 1.29 is 14.3 Å². The van der Waals surface area contributed by atoms with Gasteiger partial charge in [0.15, 0.2) is 0 Å². The molecule has 1 aliphatic heterocycles.